The van der Waals surface area contributed by atoms with Crippen LogP contribution < -0.4 is 5.56 Å². The molecule has 28 heavy (non-hydrogen) atoms. The van der Waals surface area contributed by atoms with Gasteiger partial charge in [-0.3, -0.25) is 4.79 Å². The summed E-state index contributed by atoms with van der Waals surface area (Å²) in [5.41, 5.74) is -0.418. The molecule has 4 aromatic rings. The van der Waals surface area contributed by atoms with Gasteiger partial charge in [-0.05, 0) is 29.3 Å². The van der Waals surface area contributed by atoms with Gasteiger partial charge in [0, 0.05) is 31.9 Å². The van der Waals surface area contributed by atoms with Crippen LogP contribution in [0.4, 0.5) is 17.6 Å². The highest BCUT2D eigenvalue weighted by atomic mass is 19.1. The molecule has 142 valence electrons. The number of aromatic nitrogens is 3. The van der Waals surface area contributed by atoms with Crippen LogP contribution in [0.2, 0.25) is 0 Å². The van der Waals surface area contributed by atoms with Gasteiger partial charge in [0.2, 0.25) is 0 Å². The summed E-state index contributed by atoms with van der Waals surface area (Å²) in [6, 6.07) is 6.59. The minimum atomic E-state index is -0.871. The van der Waals surface area contributed by atoms with Gasteiger partial charge in [-0.2, -0.15) is 0 Å². The largest absolute Gasteiger partial charge is 0.277 e. The number of halogens is 4. The van der Waals surface area contributed by atoms with Gasteiger partial charge in [-0.1, -0.05) is 12.1 Å². The molecule has 0 fully saturated rings. The summed E-state index contributed by atoms with van der Waals surface area (Å²) in [4.78, 5) is 16.8. The molecule has 0 aliphatic carbocycles. The molecule has 0 unspecified atom stereocenters. The maximum absolute atomic E-state index is 14.2. The molecular weight excluding hydrogens is 374 g/mol. The number of hydrogen-bond acceptors (Lipinski definition) is 2. The van der Waals surface area contributed by atoms with Crippen LogP contribution in [0, 0.1) is 23.3 Å². The molecule has 0 N–H and O–H groups in total. The van der Waals surface area contributed by atoms with Crippen LogP contribution in [0.1, 0.15) is 11.1 Å². The third kappa shape index (κ3) is 2.87. The Morgan fingerprint density at radius 1 is 0.964 bits per heavy atom. The normalized spacial score (nSPS) is 11.3. The summed E-state index contributed by atoms with van der Waals surface area (Å²) in [6.45, 7) is 0. The number of fused-ring (bicyclic) bond motifs is 1. The molecule has 0 spiro atoms. The van der Waals surface area contributed by atoms with Gasteiger partial charge in [0.05, 0.1) is 11.1 Å². The van der Waals surface area contributed by atoms with Gasteiger partial charge < -0.3 is 0 Å². The maximum Gasteiger partial charge on any atom is 0.277 e. The van der Waals surface area contributed by atoms with Gasteiger partial charge in [-0.25, -0.2) is 31.7 Å². The van der Waals surface area contributed by atoms with Crippen LogP contribution >= 0.6 is 0 Å². The highest BCUT2D eigenvalue weighted by Crippen LogP contribution is 2.27. The van der Waals surface area contributed by atoms with E-state index in [1.165, 1.54) is 36.1 Å². The van der Waals surface area contributed by atoms with Crippen molar-refractivity contribution < 1.29 is 17.6 Å². The molecule has 4 nitrogen and oxygen atoms in total. The van der Waals surface area contributed by atoms with Crippen molar-refractivity contribution in [2.24, 2.45) is 7.05 Å². The molecule has 0 atom stereocenters. The first-order valence-corrected chi connectivity index (χ1v) is 8.31. The van der Waals surface area contributed by atoms with Crippen molar-refractivity contribution in [2.75, 3.05) is 0 Å². The lowest BCUT2D eigenvalue weighted by Crippen LogP contribution is -2.16. The molecule has 0 aliphatic rings. The fourth-order valence-corrected chi connectivity index (χ4v) is 3.15. The summed E-state index contributed by atoms with van der Waals surface area (Å²) in [5, 5.41) is 0. The van der Waals surface area contributed by atoms with E-state index in [0.717, 1.165) is 28.9 Å². The molecule has 0 amide bonds. The smallest absolute Gasteiger partial charge is 0.267 e. The molecule has 0 aliphatic heterocycles. The quantitative estimate of drug-likeness (QED) is 0.501. The second-order valence-corrected chi connectivity index (χ2v) is 6.34. The maximum atomic E-state index is 14.2. The topological polar surface area (TPSA) is 39.3 Å². The molecule has 0 radical (unpaired) electrons. The lowest BCUT2D eigenvalue weighted by Gasteiger charge is -2.06. The summed E-state index contributed by atoms with van der Waals surface area (Å²) >= 11 is 0. The van der Waals surface area contributed by atoms with Crippen molar-refractivity contribution in [3.05, 3.63) is 93.5 Å². The molecule has 0 bridgehead atoms. The summed E-state index contributed by atoms with van der Waals surface area (Å²) in [7, 11) is 1.43. The van der Waals surface area contributed by atoms with Crippen molar-refractivity contribution in [3.8, 4) is 11.1 Å². The number of nitrogens with zero attached hydrogens (tertiary/aromatic N) is 3. The molecule has 0 saturated heterocycles. The number of hydrogen-bond donors (Lipinski definition) is 0. The van der Waals surface area contributed by atoms with Crippen LogP contribution in [0.15, 0.2) is 53.6 Å². The summed E-state index contributed by atoms with van der Waals surface area (Å²) in [5.74, 6) is -3.12. The predicted molar refractivity (Wildman–Crippen MR) is 94.9 cm³/mol. The Bertz CT molecular complexity index is 1260. The monoisotopic (exact) mass is 387 g/mol. The van der Waals surface area contributed by atoms with E-state index in [9.17, 15) is 22.4 Å². The average molecular weight is 387 g/mol. The zero-order valence-corrected chi connectivity index (χ0v) is 14.6. The van der Waals surface area contributed by atoms with Crippen molar-refractivity contribution in [2.45, 2.75) is 6.42 Å². The SMILES string of the molecule is Cn1c(=O)c(-c2c(F)cccc2F)c2ncc(Cc3ccc(F)cc3F)cn21. The van der Waals surface area contributed by atoms with Gasteiger partial charge >= 0.3 is 0 Å². The Kier molecular flexibility index (Phi) is 4.26. The first-order valence-electron chi connectivity index (χ1n) is 8.31. The first kappa shape index (κ1) is 18.0. The Balaban J connectivity index is 1.86. The third-order valence-corrected chi connectivity index (χ3v) is 4.53. The Hall–Kier alpha value is -3.42. The minimum absolute atomic E-state index is 0.0693. The zero-order chi connectivity index (χ0) is 20.0. The lowest BCUT2D eigenvalue weighted by molar-refractivity contribution is 0.574. The fraction of sp³-hybridized carbons (Fsp3) is 0.100. The van der Waals surface area contributed by atoms with Gasteiger partial charge in [0.1, 0.15) is 23.3 Å². The van der Waals surface area contributed by atoms with E-state index in [-0.39, 0.29) is 23.2 Å². The molecule has 2 heterocycles. The first-order chi connectivity index (χ1) is 13.4. The van der Waals surface area contributed by atoms with Crippen LogP contribution in [0.25, 0.3) is 16.8 Å². The van der Waals surface area contributed by atoms with Crippen LogP contribution in [0.5, 0.6) is 0 Å². The summed E-state index contributed by atoms with van der Waals surface area (Å²) in [6.07, 6.45) is 3.01. The number of benzene rings is 2. The summed E-state index contributed by atoms with van der Waals surface area (Å²) < 4.78 is 57.9. The van der Waals surface area contributed by atoms with Crippen molar-refractivity contribution >= 4 is 5.65 Å². The van der Waals surface area contributed by atoms with E-state index >= 15 is 0 Å². The van der Waals surface area contributed by atoms with Crippen LogP contribution in [-0.2, 0) is 13.5 Å². The van der Waals surface area contributed by atoms with Crippen molar-refractivity contribution in [3.63, 3.8) is 0 Å². The van der Waals surface area contributed by atoms with Crippen molar-refractivity contribution in [1.29, 1.82) is 0 Å². The Morgan fingerprint density at radius 3 is 2.36 bits per heavy atom. The van der Waals surface area contributed by atoms with E-state index in [1.54, 1.807) is 0 Å². The van der Waals surface area contributed by atoms with E-state index in [2.05, 4.69) is 4.98 Å². The molecule has 8 heteroatoms. The predicted octanol–water partition coefficient (Wildman–Crippen LogP) is 3.85. The van der Waals surface area contributed by atoms with Crippen LogP contribution in [-0.4, -0.2) is 14.2 Å². The second-order valence-electron chi connectivity index (χ2n) is 6.34. The van der Waals surface area contributed by atoms with E-state index in [4.69, 9.17) is 0 Å². The highest BCUT2D eigenvalue weighted by molar-refractivity contribution is 5.77. The standard InChI is InChI=1S/C20H13F4N3O/c1-26-20(28)18(17-14(22)3-2-4-15(17)23)19-25-9-11(10-27(19)26)7-12-5-6-13(21)8-16(12)24/h2-6,8-10H,7H2,1H3. The van der Waals surface area contributed by atoms with Gasteiger partial charge in [-0.15, -0.1) is 0 Å². The molecular formula is C20H13F4N3O. The minimum Gasteiger partial charge on any atom is -0.267 e. The van der Waals surface area contributed by atoms with Gasteiger partial charge in [0.25, 0.3) is 5.56 Å². The van der Waals surface area contributed by atoms with Crippen molar-refractivity contribution in [1.82, 2.24) is 14.2 Å². The second kappa shape index (κ2) is 6.63. The molecule has 2 aromatic heterocycles. The number of aryl methyl sites for hydroxylation is 1. The Morgan fingerprint density at radius 2 is 1.68 bits per heavy atom. The van der Waals surface area contributed by atoms with E-state index < -0.39 is 34.4 Å². The third-order valence-electron chi connectivity index (χ3n) is 4.53. The number of rotatable bonds is 3. The molecule has 4 rings (SSSR count). The Labute approximate surface area is 156 Å². The average Bonchev–Trinajstić information content (AvgIpc) is 2.89. The molecule has 0 saturated carbocycles. The lowest BCUT2D eigenvalue weighted by atomic mass is 10.1. The van der Waals surface area contributed by atoms with E-state index in [1.807, 2.05) is 0 Å². The highest BCUT2D eigenvalue weighted by Gasteiger charge is 2.22. The molecule has 2 aromatic carbocycles. The fourth-order valence-electron chi connectivity index (χ4n) is 3.15. The van der Waals surface area contributed by atoms with Gasteiger partial charge in [0.15, 0.2) is 5.65 Å². The van der Waals surface area contributed by atoms with E-state index in [0.29, 0.717) is 5.56 Å². The zero-order valence-electron chi connectivity index (χ0n) is 14.6. The van der Waals surface area contributed by atoms with Crippen LogP contribution in [0.3, 0.4) is 0 Å².